The molecule has 1 amide bonds. The third-order valence-corrected chi connectivity index (χ3v) is 2.39. The summed E-state index contributed by atoms with van der Waals surface area (Å²) >= 11 is 5.84. The molecule has 1 aromatic rings. The minimum Gasteiger partial charge on any atom is -0.406 e. The van der Waals surface area contributed by atoms with Crippen LogP contribution in [0.4, 0.5) is 6.01 Å². The van der Waals surface area contributed by atoms with Gasteiger partial charge in [0.25, 0.3) is 0 Å². The van der Waals surface area contributed by atoms with E-state index in [1.807, 2.05) is 20.8 Å². The number of anilines is 1. The molecule has 102 valence electrons. The number of carbonyl (C=O) groups is 1. The van der Waals surface area contributed by atoms with Crippen molar-refractivity contribution in [3.8, 4) is 0 Å². The molecule has 0 aliphatic carbocycles. The van der Waals surface area contributed by atoms with Crippen LogP contribution in [0.25, 0.3) is 0 Å². The molecule has 7 heteroatoms. The number of rotatable bonds is 6. The lowest BCUT2D eigenvalue weighted by Crippen LogP contribution is -2.40. The molecule has 0 aliphatic heterocycles. The second kappa shape index (κ2) is 6.58. The highest BCUT2D eigenvalue weighted by molar-refractivity contribution is 6.20. The number of hydrogen-bond donors (Lipinski definition) is 1. The fourth-order valence-electron chi connectivity index (χ4n) is 1.37. The fourth-order valence-corrected chi connectivity index (χ4v) is 1.46. The number of likely N-dealkylation sites (N-methyl/N-ethyl adjacent to an activating group) is 1. The van der Waals surface area contributed by atoms with Gasteiger partial charge in [-0.05, 0) is 27.7 Å². The Balaban J connectivity index is 2.67. The Morgan fingerprint density at radius 2 is 2.11 bits per heavy atom. The molecule has 0 fully saturated rings. The van der Waals surface area contributed by atoms with Crippen LogP contribution in [0.1, 0.15) is 39.0 Å². The molecule has 1 heterocycles. The van der Waals surface area contributed by atoms with Crippen molar-refractivity contribution in [1.29, 1.82) is 0 Å². The lowest BCUT2D eigenvalue weighted by molar-refractivity contribution is -0.120. The van der Waals surface area contributed by atoms with Crippen LogP contribution < -0.4 is 10.2 Å². The molecule has 1 aromatic heterocycles. The molecule has 6 nitrogen and oxygen atoms in total. The van der Waals surface area contributed by atoms with Gasteiger partial charge in [0.2, 0.25) is 11.8 Å². The van der Waals surface area contributed by atoms with Crippen molar-refractivity contribution in [3.05, 3.63) is 5.89 Å². The van der Waals surface area contributed by atoms with E-state index in [2.05, 4.69) is 15.5 Å². The molecule has 0 aromatic carbocycles. The average molecular weight is 275 g/mol. The Kier molecular flexibility index (Phi) is 5.40. The number of halogens is 1. The number of aromatic nitrogens is 2. The van der Waals surface area contributed by atoms with Crippen molar-refractivity contribution in [3.63, 3.8) is 0 Å². The number of hydrogen-bond acceptors (Lipinski definition) is 5. The number of carbonyl (C=O) groups excluding carboxylic acids is 1. The molecule has 0 saturated heterocycles. The molecule has 18 heavy (non-hydrogen) atoms. The summed E-state index contributed by atoms with van der Waals surface area (Å²) in [7, 11) is 0. The Bertz CT molecular complexity index is 392. The molecule has 1 unspecified atom stereocenters. The van der Waals surface area contributed by atoms with E-state index in [0.29, 0.717) is 18.5 Å². The van der Waals surface area contributed by atoms with Gasteiger partial charge in [0.05, 0.1) is 0 Å². The summed E-state index contributed by atoms with van der Waals surface area (Å²) in [4.78, 5) is 13.4. The van der Waals surface area contributed by atoms with Crippen LogP contribution in [0, 0.1) is 0 Å². The van der Waals surface area contributed by atoms with Gasteiger partial charge in [-0.2, -0.15) is 0 Å². The smallest absolute Gasteiger partial charge is 0.318 e. The number of amides is 1. The highest BCUT2D eigenvalue weighted by Crippen LogP contribution is 2.21. The quantitative estimate of drug-likeness (QED) is 0.800. The van der Waals surface area contributed by atoms with E-state index in [9.17, 15) is 4.79 Å². The van der Waals surface area contributed by atoms with E-state index in [4.69, 9.17) is 16.0 Å². The Hall–Kier alpha value is -1.30. The summed E-state index contributed by atoms with van der Waals surface area (Å²) in [6.07, 6.45) is 0. The average Bonchev–Trinajstić information content (AvgIpc) is 2.74. The van der Waals surface area contributed by atoms with Crippen LogP contribution >= 0.6 is 11.6 Å². The minimum atomic E-state index is -0.338. The first-order valence-corrected chi connectivity index (χ1v) is 6.39. The molecular weight excluding hydrogens is 256 g/mol. The van der Waals surface area contributed by atoms with Crippen molar-refractivity contribution in [2.24, 2.45) is 0 Å². The summed E-state index contributed by atoms with van der Waals surface area (Å²) in [6, 6.07) is 0.427. The van der Waals surface area contributed by atoms with Gasteiger partial charge in [-0.1, -0.05) is 5.10 Å². The van der Waals surface area contributed by atoms with Gasteiger partial charge in [0.1, 0.15) is 11.9 Å². The number of nitrogens with zero attached hydrogens (tertiary/aromatic N) is 3. The molecule has 0 saturated carbocycles. The van der Waals surface area contributed by atoms with E-state index >= 15 is 0 Å². The SMILES string of the molecule is CCN(CC(=O)NC(C)C)c1nnc(C(C)Cl)o1. The lowest BCUT2D eigenvalue weighted by Gasteiger charge is -2.18. The van der Waals surface area contributed by atoms with Crippen LogP contribution in [-0.4, -0.2) is 35.2 Å². The summed E-state index contributed by atoms with van der Waals surface area (Å²) < 4.78 is 5.40. The second-order valence-corrected chi connectivity index (χ2v) is 4.93. The summed E-state index contributed by atoms with van der Waals surface area (Å²) in [5.41, 5.74) is 0. The van der Waals surface area contributed by atoms with E-state index in [1.165, 1.54) is 0 Å². The van der Waals surface area contributed by atoms with Crippen LogP contribution in [0.3, 0.4) is 0 Å². The van der Waals surface area contributed by atoms with Crippen LogP contribution in [0.2, 0.25) is 0 Å². The van der Waals surface area contributed by atoms with E-state index in [1.54, 1.807) is 11.8 Å². The number of nitrogens with one attached hydrogen (secondary N) is 1. The van der Waals surface area contributed by atoms with E-state index in [0.717, 1.165) is 0 Å². The van der Waals surface area contributed by atoms with Crippen molar-refractivity contribution >= 4 is 23.5 Å². The standard InChI is InChI=1S/C11H19ClN4O2/c1-5-16(6-9(17)13-7(2)3)11-15-14-10(18-11)8(4)12/h7-8H,5-6H2,1-4H3,(H,13,17). The van der Waals surface area contributed by atoms with Gasteiger partial charge in [0, 0.05) is 12.6 Å². The topological polar surface area (TPSA) is 71.3 Å². The van der Waals surface area contributed by atoms with Gasteiger partial charge in [0.15, 0.2) is 0 Å². The molecule has 0 bridgehead atoms. The molecule has 1 N–H and O–H groups in total. The van der Waals surface area contributed by atoms with Crippen molar-refractivity contribution in [2.45, 2.75) is 39.1 Å². The van der Waals surface area contributed by atoms with Crippen LogP contribution in [0.5, 0.6) is 0 Å². The molecule has 0 spiro atoms. The first kappa shape index (κ1) is 14.8. The Morgan fingerprint density at radius 1 is 1.44 bits per heavy atom. The Morgan fingerprint density at radius 3 is 2.56 bits per heavy atom. The largest absolute Gasteiger partial charge is 0.406 e. The molecular formula is C11H19ClN4O2. The lowest BCUT2D eigenvalue weighted by atomic mass is 10.4. The van der Waals surface area contributed by atoms with Crippen LogP contribution in [-0.2, 0) is 4.79 Å². The van der Waals surface area contributed by atoms with E-state index in [-0.39, 0.29) is 23.9 Å². The summed E-state index contributed by atoms with van der Waals surface area (Å²) in [5, 5.41) is 10.2. The fraction of sp³-hybridized carbons (Fsp3) is 0.727. The maximum atomic E-state index is 11.7. The van der Waals surface area contributed by atoms with Gasteiger partial charge < -0.3 is 14.6 Å². The third-order valence-electron chi connectivity index (χ3n) is 2.21. The van der Waals surface area contributed by atoms with Crippen molar-refractivity contribution < 1.29 is 9.21 Å². The maximum Gasteiger partial charge on any atom is 0.318 e. The maximum absolute atomic E-state index is 11.7. The first-order valence-electron chi connectivity index (χ1n) is 5.95. The van der Waals surface area contributed by atoms with Gasteiger partial charge in [-0.3, -0.25) is 4.79 Å². The predicted molar refractivity (Wildman–Crippen MR) is 69.7 cm³/mol. The highest BCUT2D eigenvalue weighted by atomic mass is 35.5. The van der Waals surface area contributed by atoms with Gasteiger partial charge in [-0.15, -0.1) is 16.7 Å². The third kappa shape index (κ3) is 4.18. The normalized spacial score (nSPS) is 12.6. The Labute approximate surface area is 112 Å². The van der Waals surface area contributed by atoms with E-state index < -0.39 is 0 Å². The zero-order chi connectivity index (χ0) is 13.7. The van der Waals surface area contributed by atoms with Gasteiger partial charge in [-0.25, -0.2) is 0 Å². The summed E-state index contributed by atoms with van der Waals surface area (Å²) in [5.74, 6) is 0.278. The minimum absolute atomic E-state index is 0.0782. The highest BCUT2D eigenvalue weighted by Gasteiger charge is 2.18. The zero-order valence-corrected chi connectivity index (χ0v) is 11.9. The van der Waals surface area contributed by atoms with Gasteiger partial charge >= 0.3 is 6.01 Å². The zero-order valence-electron chi connectivity index (χ0n) is 11.1. The first-order chi connectivity index (χ1) is 8.43. The van der Waals surface area contributed by atoms with Crippen molar-refractivity contribution in [1.82, 2.24) is 15.5 Å². The number of alkyl halides is 1. The second-order valence-electron chi connectivity index (χ2n) is 4.28. The van der Waals surface area contributed by atoms with Crippen molar-refractivity contribution in [2.75, 3.05) is 18.0 Å². The monoisotopic (exact) mass is 274 g/mol. The molecule has 0 radical (unpaired) electrons. The summed E-state index contributed by atoms with van der Waals surface area (Å²) in [6.45, 7) is 8.27. The van der Waals surface area contributed by atoms with Crippen LogP contribution in [0.15, 0.2) is 4.42 Å². The predicted octanol–water partition coefficient (Wildman–Crippen LogP) is 1.72. The molecule has 1 rings (SSSR count). The molecule has 1 atom stereocenters. The molecule has 0 aliphatic rings.